The molecule has 28 heavy (non-hydrogen) atoms. The van der Waals surface area contributed by atoms with Crippen LogP contribution in [0.25, 0.3) is 5.69 Å². The van der Waals surface area contributed by atoms with Gasteiger partial charge >= 0.3 is 0 Å². The molecular formula is C18H17N5O5. The Hall–Kier alpha value is -3.69. The standard InChI is InChI=1S/C18H17N5O5/c1-9-6-13(23(27)28)12(21-4-2-3-5-21)8-11(9)22-14(24)7-10-15(16(22)19)18(26)20-17(10)25/h6-8H,2-5,19H2,1H3,(H,20,25,26). The third-order valence-electron chi connectivity index (χ3n) is 5.13. The van der Waals surface area contributed by atoms with Gasteiger partial charge in [0.05, 0.1) is 21.7 Å². The van der Waals surface area contributed by atoms with Gasteiger partial charge in [0.25, 0.3) is 23.1 Å². The van der Waals surface area contributed by atoms with E-state index in [1.165, 1.54) is 6.07 Å². The van der Waals surface area contributed by atoms with Gasteiger partial charge in [0, 0.05) is 25.2 Å². The number of carbonyl (C=O) groups excluding carboxylic acids is 2. The summed E-state index contributed by atoms with van der Waals surface area (Å²) in [4.78, 5) is 49.6. The van der Waals surface area contributed by atoms with Gasteiger partial charge < -0.3 is 10.6 Å². The van der Waals surface area contributed by atoms with Gasteiger partial charge in [-0.15, -0.1) is 0 Å². The first-order valence-electron chi connectivity index (χ1n) is 8.75. The van der Waals surface area contributed by atoms with Crippen LogP contribution >= 0.6 is 0 Å². The number of amides is 2. The smallest absolute Gasteiger partial charge is 0.292 e. The number of imide groups is 1. The number of carbonyl (C=O) groups is 2. The average Bonchev–Trinajstić information content (AvgIpc) is 3.24. The van der Waals surface area contributed by atoms with E-state index in [4.69, 9.17) is 5.73 Å². The van der Waals surface area contributed by atoms with Crippen molar-refractivity contribution in [3.8, 4) is 5.69 Å². The number of aryl methyl sites for hydroxylation is 1. The minimum atomic E-state index is -0.675. The number of nitrogens with two attached hydrogens (primary N) is 1. The lowest BCUT2D eigenvalue weighted by atomic mass is 10.1. The van der Waals surface area contributed by atoms with Gasteiger partial charge in [0.2, 0.25) is 0 Å². The Morgan fingerprint density at radius 2 is 1.75 bits per heavy atom. The second-order valence-corrected chi connectivity index (χ2v) is 6.85. The maximum absolute atomic E-state index is 12.7. The lowest BCUT2D eigenvalue weighted by Gasteiger charge is -2.21. The number of pyridine rings is 1. The number of nitro groups is 1. The third kappa shape index (κ3) is 2.53. The Morgan fingerprint density at radius 1 is 1.07 bits per heavy atom. The molecule has 0 bridgehead atoms. The molecule has 1 aromatic heterocycles. The maximum Gasteiger partial charge on any atom is 0.292 e. The summed E-state index contributed by atoms with van der Waals surface area (Å²) in [5, 5.41) is 13.7. The Morgan fingerprint density at radius 3 is 2.39 bits per heavy atom. The zero-order chi connectivity index (χ0) is 20.2. The van der Waals surface area contributed by atoms with Crippen LogP contribution < -0.4 is 21.5 Å². The lowest BCUT2D eigenvalue weighted by Crippen LogP contribution is -2.25. The number of anilines is 2. The van der Waals surface area contributed by atoms with Gasteiger partial charge in [0.15, 0.2) is 0 Å². The minimum Gasteiger partial charge on any atom is -0.384 e. The van der Waals surface area contributed by atoms with E-state index in [1.54, 1.807) is 13.0 Å². The van der Waals surface area contributed by atoms with Crippen LogP contribution in [0.2, 0.25) is 0 Å². The van der Waals surface area contributed by atoms with Crippen LogP contribution in [0, 0.1) is 17.0 Å². The number of hydrogen-bond donors (Lipinski definition) is 2. The number of nitrogens with one attached hydrogen (secondary N) is 1. The van der Waals surface area contributed by atoms with Crippen molar-refractivity contribution < 1.29 is 14.5 Å². The number of fused-ring (bicyclic) bond motifs is 1. The van der Waals surface area contributed by atoms with Crippen LogP contribution in [0.5, 0.6) is 0 Å². The number of benzene rings is 1. The minimum absolute atomic E-state index is 0.0520. The van der Waals surface area contributed by atoms with Crippen molar-refractivity contribution in [2.45, 2.75) is 19.8 Å². The van der Waals surface area contributed by atoms with Crippen molar-refractivity contribution >= 4 is 29.0 Å². The summed E-state index contributed by atoms with van der Waals surface area (Å²) in [5.41, 5.74) is 6.51. The van der Waals surface area contributed by atoms with Crippen molar-refractivity contribution in [1.29, 1.82) is 0 Å². The number of nitro benzene ring substituents is 1. The van der Waals surface area contributed by atoms with Crippen LogP contribution in [0.1, 0.15) is 39.1 Å². The molecule has 0 saturated carbocycles. The monoisotopic (exact) mass is 383 g/mol. The summed E-state index contributed by atoms with van der Waals surface area (Å²) >= 11 is 0. The molecular weight excluding hydrogens is 366 g/mol. The van der Waals surface area contributed by atoms with Gasteiger partial charge in [-0.3, -0.25) is 34.4 Å². The predicted molar refractivity (Wildman–Crippen MR) is 101 cm³/mol. The Kier molecular flexibility index (Phi) is 3.91. The summed E-state index contributed by atoms with van der Waals surface area (Å²) in [5.74, 6) is -1.52. The molecule has 2 amide bonds. The zero-order valence-corrected chi connectivity index (χ0v) is 15.0. The first kappa shape index (κ1) is 17.7. The van der Waals surface area contributed by atoms with E-state index >= 15 is 0 Å². The normalized spacial score (nSPS) is 15.7. The van der Waals surface area contributed by atoms with Crippen molar-refractivity contribution in [3.05, 3.63) is 55.4 Å². The summed E-state index contributed by atoms with van der Waals surface area (Å²) in [6.45, 7) is 2.98. The molecule has 3 N–H and O–H groups in total. The summed E-state index contributed by atoms with van der Waals surface area (Å²) in [6, 6.07) is 4.01. The van der Waals surface area contributed by atoms with Crippen molar-refractivity contribution in [2.75, 3.05) is 23.7 Å². The SMILES string of the molecule is Cc1cc([N+](=O)[O-])c(N2CCCC2)cc1-n1c(N)c2c(cc1=O)C(=O)NC2=O. The fraction of sp³-hybridized carbons (Fsp3) is 0.278. The molecule has 2 aliphatic rings. The van der Waals surface area contributed by atoms with Crippen LogP contribution in [-0.2, 0) is 0 Å². The molecule has 1 aromatic carbocycles. The van der Waals surface area contributed by atoms with E-state index < -0.39 is 22.3 Å². The summed E-state index contributed by atoms with van der Waals surface area (Å²) < 4.78 is 1.12. The van der Waals surface area contributed by atoms with E-state index in [1.807, 2.05) is 4.90 Å². The molecule has 2 aliphatic heterocycles. The Bertz CT molecular complexity index is 1110. The van der Waals surface area contributed by atoms with Crippen molar-refractivity contribution in [3.63, 3.8) is 0 Å². The Labute approximate surface area is 158 Å². The van der Waals surface area contributed by atoms with Gasteiger partial charge in [-0.05, 0) is 31.4 Å². The zero-order valence-electron chi connectivity index (χ0n) is 15.0. The van der Waals surface area contributed by atoms with Crippen molar-refractivity contribution in [1.82, 2.24) is 9.88 Å². The molecule has 0 aliphatic carbocycles. The summed E-state index contributed by atoms with van der Waals surface area (Å²) in [7, 11) is 0. The van der Waals surface area contributed by atoms with E-state index in [0.29, 0.717) is 30.0 Å². The third-order valence-corrected chi connectivity index (χ3v) is 5.13. The van der Waals surface area contributed by atoms with Gasteiger partial charge in [-0.25, -0.2) is 0 Å². The predicted octanol–water partition coefficient (Wildman–Crippen LogP) is 1.12. The molecule has 1 saturated heterocycles. The highest BCUT2D eigenvalue weighted by molar-refractivity contribution is 6.23. The van der Waals surface area contributed by atoms with Crippen molar-refractivity contribution in [2.24, 2.45) is 0 Å². The Balaban J connectivity index is 1.98. The van der Waals surface area contributed by atoms with E-state index in [2.05, 4.69) is 5.32 Å². The molecule has 0 atom stereocenters. The largest absolute Gasteiger partial charge is 0.384 e. The fourth-order valence-electron chi connectivity index (χ4n) is 3.80. The topological polar surface area (TPSA) is 141 Å². The number of nitrogens with zero attached hydrogens (tertiary/aromatic N) is 3. The fourth-order valence-corrected chi connectivity index (χ4v) is 3.80. The van der Waals surface area contributed by atoms with Gasteiger partial charge in [-0.1, -0.05) is 0 Å². The second kappa shape index (κ2) is 6.19. The van der Waals surface area contributed by atoms with Crippen LogP contribution in [0.3, 0.4) is 0 Å². The molecule has 3 heterocycles. The average molecular weight is 383 g/mol. The molecule has 10 heteroatoms. The number of hydrogen-bond acceptors (Lipinski definition) is 7. The molecule has 0 radical (unpaired) electrons. The van der Waals surface area contributed by atoms with Crippen LogP contribution in [0.4, 0.5) is 17.2 Å². The molecule has 4 rings (SSSR count). The molecule has 144 valence electrons. The van der Waals surface area contributed by atoms with Crippen LogP contribution in [-0.4, -0.2) is 34.4 Å². The highest BCUT2D eigenvalue weighted by Crippen LogP contribution is 2.35. The molecule has 2 aromatic rings. The number of rotatable bonds is 3. The van der Waals surface area contributed by atoms with E-state index in [-0.39, 0.29) is 22.6 Å². The first-order valence-corrected chi connectivity index (χ1v) is 8.75. The van der Waals surface area contributed by atoms with Gasteiger partial charge in [-0.2, -0.15) is 0 Å². The number of aromatic nitrogens is 1. The van der Waals surface area contributed by atoms with E-state index in [9.17, 15) is 24.5 Å². The molecule has 1 fully saturated rings. The highest BCUT2D eigenvalue weighted by Gasteiger charge is 2.33. The molecule has 0 unspecified atom stereocenters. The molecule has 0 spiro atoms. The highest BCUT2D eigenvalue weighted by atomic mass is 16.6. The summed E-state index contributed by atoms with van der Waals surface area (Å²) in [6.07, 6.45) is 1.84. The van der Waals surface area contributed by atoms with E-state index in [0.717, 1.165) is 23.5 Å². The second-order valence-electron chi connectivity index (χ2n) is 6.85. The number of nitrogen functional groups attached to an aromatic ring is 1. The molecule has 10 nitrogen and oxygen atoms in total. The quantitative estimate of drug-likeness (QED) is 0.460. The lowest BCUT2D eigenvalue weighted by molar-refractivity contribution is -0.384. The maximum atomic E-state index is 12.7. The van der Waals surface area contributed by atoms with Gasteiger partial charge in [0.1, 0.15) is 11.5 Å². The first-order chi connectivity index (χ1) is 13.3. The van der Waals surface area contributed by atoms with Crippen LogP contribution in [0.15, 0.2) is 23.0 Å².